The Morgan fingerprint density at radius 2 is 2.06 bits per heavy atom. The lowest BCUT2D eigenvalue weighted by molar-refractivity contribution is 0.174. The summed E-state index contributed by atoms with van der Waals surface area (Å²) in [4.78, 5) is 4.94. The van der Waals surface area contributed by atoms with Crippen LogP contribution in [0.4, 0.5) is 0 Å². The third-order valence-electron chi connectivity index (χ3n) is 2.74. The molecule has 1 N–H and O–H groups in total. The second kappa shape index (κ2) is 4.67. The SMILES string of the molecule is N#[N+]C1=C(O)N(Cc2ccccc2)CCC1. The fourth-order valence-corrected chi connectivity index (χ4v) is 1.89. The van der Waals surface area contributed by atoms with Crippen molar-refractivity contribution in [2.24, 2.45) is 0 Å². The van der Waals surface area contributed by atoms with Crippen molar-refractivity contribution in [3.05, 3.63) is 52.5 Å². The molecule has 0 fully saturated rings. The van der Waals surface area contributed by atoms with Gasteiger partial charge in [0.1, 0.15) is 0 Å². The van der Waals surface area contributed by atoms with Crippen molar-refractivity contribution in [3.63, 3.8) is 0 Å². The molecule has 0 amide bonds. The van der Waals surface area contributed by atoms with E-state index in [-0.39, 0.29) is 5.88 Å². The molecule has 0 bridgehead atoms. The van der Waals surface area contributed by atoms with Crippen LogP contribution in [0.2, 0.25) is 0 Å². The summed E-state index contributed by atoms with van der Waals surface area (Å²) in [6, 6.07) is 9.92. The molecule has 4 heteroatoms. The van der Waals surface area contributed by atoms with Crippen molar-refractivity contribution < 1.29 is 5.11 Å². The van der Waals surface area contributed by atoms with Gasteiger partial charge in [-0.2, -0.15) is 0 Å². The lowest BCUT2D eigenvalue weighted by atomic mass is 10.1. The van der Waals surface area contributed by atoms with Crippen LogP contribution < -0.4 is 0 Å². The number of allylic oxidation sites excluding steroid dienone is 1. The summed E-state index contributed by atoms with van der Waals surface area (Å²) in [6.07, 6.45) is 1.53. The largest absolute Gasteiger partial charge is 0.489 e. The normalized spacial score (nSPS) is 16.1. The molecule has 16 heavy (non-hydrogen) atoms. The van der Waals surface area contributed by atoms with Crippen LogP contribution >= 0.6 is 0 Å². The fraction of sp³-hybridized carbons (Fsp3) is 0.333. The van der Waals surface area contributed by atoms with Gasteiger partial charge >= 0.3 is 5.70 Å². The molecular weight excluding hydrogens is 202 g/mol. The Morgan fingerprint density at radius 1 is 1.31 bits per heavy atom. The smallest absolute Gasteiger partial charge is 0.420 e. The fourth-order valence-electron chi connectivity index (χ4n) is 1.89. The Kier molecular flexibility index (Phi) is 3.06. The van der Waals surface area contributed by atoms with Gasteiger partial charge in [0.25, 0.3) is 5.88 Å². The number of aliphatic hydroxyl groups excluding tert-OH is 1. The molecule has 0 atom stereocenters. The Bertz CT molecular complexity index is 433. The third kappa shape index (κ3) is 2.14. The zero-order chi connectivity index (χ0) is 11.4. The summed E-state index contributed by atoms with van der Waals surface area (Å²) >= 11 is 0. The van der Waals surface area contributed by atoms with Crippen LogP contribution in [-0.2, 0) is 6.54 Å². The monoisotopic (exact) mass is 216 g/mol. The lowest BCUT2D eigenvalue weighted by Crippen LogP contribution is -2.27. The highest BCUT2D eigenvalue weighted by molar-refractivity contribution is 5.19. The Labute approximate surface area is 94.4 Å². The van der Waals surface area contributed by atoms with Gasteiger partial charge in [-0.15, -0.1) is 0 Å². The zero-order valence-corrected chi connectivity index (χ0v) is 9.00. The molecule has 0 saturated heterocycles. The van der Waals surface area contributed by atoms with Crippen LogP contribution in [0.5, 0.6) is 0 Å². The maximum atomic E-state index is 9.84. The van der Waals surface area contributed by atoms with Crippen molar-refractivity contribution in [1.29, 1.82) is 5.39 Å². The predicted molar refractivity (Wildman–Crippen MR) is 60.8 cm³/mol. The molecule has 1 aliphatic heterocycles. The molecule has 1 aromatic rings. The second-order valence-corrected chi connectivity index (χ2v) is 3.88. The summed E-state index contributed by atoms with van der Waals surface area (Å²) in [5.41, 5.74) is 1.51. The van der Waals surface area contributed by atoms with E-state index in [4.69, 9.17) is 5.39 Å². The van der Waals surface area contributed by atoms with Gasteiger partial charge in [-0.05, 0) is 12.0 Å². The topological polar surface area (TPSA) is 51.6 Å². The van der Waals surface area contributed by atoms with E-state index < -0.39 is 0 Å². The lowest BCUT2D eigenvalue weighted by Gasteiger charge is -2.24. The van der Waals surface area contributed by atoms with Gasteiger partial charge in [0.2, 0.25) is 5.39 Å². The number of benzene rings is 1. The maximum Gasteiger partial charge on any atom is 0.420 e. The second-order valence-electron chi connectivity index (χ2n) is 3.88. The summed E-state index contributed by atoms with van der Waals surface area (Å²) in [7, 11) is 0. The van der Waals surface area contributed by atoms with Gasteiger partial charge in [0, 0.05) is 13.1 Å². The van der Waals surface area contributed by atoms with Crippen LogP contribution in [0.3, 0.4) is 0 Å². The van der Waals surface area contributed by atoms with E-state index in [9.17, 15) is 5.11 Å². The average Bonchev–Trinajstić information content (AvgIpc) is 2.33. The molecule has 1 heterocycles. The first kappa shape index (κ1) is 10.5. The van der Waals surface area contributed by atoms with E-state index in [0.29, 0.717) is 18.7 Å². The number of hydrogen-bond donors (Lipinski definition) is 1. The molecule has 0 saturated carbocycles. The van der Waals surface area contributed by atoms with E-state index in [1.807, 2.05) is 35.2 Å². The first-order chi connectivity index (χ1) is 7.81. The number of hydrogen-bond acceptors (Lipinski definition) is 3. The number of diazo groups is 1. The first-order valence-electron chi connectivity index (χ1n) is 5.37. The standard InChI is InChI=1S/C12H13N3O/c13-14-11-7-4-8-15(12(11)16)9-10-5-2-1-3-6-10/h1-3,5-6H,4,7-9H2/p+1. The van der Waals surface area contributed by atoms with Gasteiger partial charge in [-0.1, -0.05) is 30.3 Å². The molecule has 0 spiro atoms. The highest BCUT2D eigenvalue weighted by atomic mass is 16.3. The highest BCUT2D eigenvalue weighted by Crippen LogP contribution is 2.22. The van der Waals surface area contributed by atoms with Crippen molar-refractivity contribution >= 4 is 0 Å². The van der Waals surface area contributed by atoms with Crippen LogP contribution in [0.15, 0.2) is 41.9 Å². The van der Waals surface area contributed by atoms with E-state index >= 15 is 0 Å². The van der Waals surface area contributed by atoms with Crippen LogP contribution in [0.25, 0.3) is 4.98 Å². The van der Waals surface area contributed by atoms with Gasteiger partial charge in [-0.3, -0.25) is 0 Å². The van der Waals surface area contributed by atoms with Crippen LogP contribution in [-0.4, -0.2) is 16.6 Å². The average molecular weight is 216 g/mol. The molecule has 82 valence electrons. The minimum atomic E-state index is 0.0950. The molecule has 0 unspecified atom stereocenters. The quantitative estimate of drug-likeness (QED) is 0.773. The predicted octanol–water partition coefficient (Wildman–Crippen LogP) is 2.86. The number of nitrogens with zero attached hydrogens (tertiary/aromatic N) is 3. The highest BCUT2D eigenvalue weighted by Gasteiger charge is 2.28. The van der Waals surface area contributed by atoms with Crippen molar-refractivity contribution in [2.45, 2.75) is 19.4 Å². The van der Waals surface area contributed by atoms with Gasteiger partial charge < -0.3 is 10.0 Å². The van der Waals surface area contributed by atoms with E-state index in [0.717, 1.165) is 18.5 Å². The maximum absolute atomic E-state index is 9.84. The van der Waals surface area contributed by atoms with Crippen molar-refractivity contribution in [2.75, 3.05) is 6.54 Å². The molecule has 0 radical (unpaired) electrons. The summed E-state index contributed by atoms with van der Waals surface area (Å²) in [5.74, 6) is 0.0950. The molecule has 2 rings (SSSR count). The third-order valence-corrected chi connectivity index (χ3v) is 2.74. The first-order valence-corrected chi connectivity index (χ1v) is 5.37. The summed E-state index contributed by atoms with van der Waals surface area (Å²) in [5, 5.41) is 18.6. The molecule has 0 aromatic heterocycles. The minimum absolute atomic E-state index is 0.0950. The molecule has 4 nitrogen and oxygen atoms in total. The van der Waals surface area contributed by atoms with Crippen molar-refractivity contribution in [1.82, 2.24) is 4.90 Å². The van der Waals surface area contributed by atoms with E-state index in [1.54, 1.807) is 0 Å². The zero-order valence-electron chi connectivity index (χ0n) is 9.00. The molecule has 1 aromatic carbocycles. The molecular formula is C12H14N3O+. The molecule has 0 aliphatic carbocycles. The van der Waals surface area contributed by atoms with E-state index in [2.05, 4.69) is 4.98 Å². The Balaban J connectivity index is 2.14. The summed E-state index contributed by atoms with van der Waals surface area (Å²) < 4.78 is 0. The summed E-state index contributed by atoms with van der Waals surface area (Å²) in [6.45, 7) is 1.44. The number of aliphatic hydroxyl groups is 1. The van der Waals surface area contributed by atoms with Gasteiger partial charge in [0.15, 0.2) is 4.98 Å². The van der Waals surface area contributed by atoms with E-state index in [1.165, 1.54) is 0 Å². The van der Waals surface area contributed by atoms with Crippen molar-refractivity contribution in [3.8, 4) is 0 Å². The number of rotatable bonds is 2. The van der Waals surface area contributed by atoms with Crippen LogP contribution in [0.1, 0.15) is 18.4 Å². The molecule has 1 aliphatic rings. The van der Waals surface area contributed by atoms with Gasteiger partial charge in [-0.25, -0.2) is 0 Å². The minimum Gasteiger partial charge on any atom is -0.489 e. The Hall–Kier alpha value is -2.02. The Morgan fingerprint density at radius 3 is 2.75 bits per heavy atom. The van der Waals surface area contributed by atoms with Gasteiger partial charge in [0.05, 0.1) is 6.42 Å². The van der Waals surface area contributed by atoms with Crippen LogP contribution in [0, 0.1) is 5.39 Å².